The maximum Gasteiger partial charge on any atom is 0.223 e. The third kappa shape index (κ3) is 4.12. The predicted octanol–water partition coefficient (Wildman–Crippen LogP) is 2.49. The van der Waals surface area contributed by atoms with E-state index >= 15 is 0 Å². The van der Waals surface area contributed by atoms with Gasteiger partial charge in [0.2, 0.25) is 5.91 Å². The molecular formula is C20H22N4O2. The van der Waals surface area contributed by atoms with Crippen LogP contribution in [0.1, 0.15) is 24.0 Å². The second kappa shape index (κ2) is 8.34. The van der Waals surface area contributed by atoms with Crippen LogP contribution in [0, 0.1) is 17.2 Å². The van der Waals surface area contributed by atoms with Gasteiger partial charge in [-0.15, -0.1) is 0 Å². The van der Waals surface area contributed by atoms with Gasteiger partial charge in [0.25, 0.3) is 0 Å². The standard InChI is InChI=1S/C20H22N4O2/c1-26-18-6-4-15(5-7-18)14-23-20(25)16-8-11-24(12-9-16)19-17(13-21)3-2-10-22-19/h2-7,10,16H,8-9,11-12,14H2,1H3,(H,23,25). The van der Waals surface area contributed by atoms with Crippen molar-refractivity contribution in [3.8, 4) is 11.8 Å². The van der Waals surface area contributed by atoms with Gasteiger partial charge in [0, 0.05) is 31.7 Å². The number of anilines is 1. The highest BCUT2D eigenvalue weighted by molar-refractivity contribution is 5.79. The van der Waals surface area contributed by atoms with E-state index in [1.807, 2.05) is 24.3 Å². The molecule has 0 unspecified atom stereocenters. The molecule has 26 heavy (non-hydrogen) atoms. The fourth-order valence-corrected chi connectivity index (χ4v) is 3.17. The maximum atomic E-state index is 12.4. The number of methoxy groups -OCH3 is 1. The molecule has 0 radical (unpaired) electrons. The Morgan fingerprint density at radius 3 is 2.69 bits per heavy atom. The lowest BCUT2D eigenvalue weighted by Crippen LogP contribution is -2.41. The zero-order valence-corrected chi connectivity index (χ0v) is 14.8. The number of pyridine rings is 1. The van der Waals surface area contributed by atoms with E-state index in [1.165, 1.54) is 0 Å². The molecule has 1 aliphatic rings. The summed E-state index contributed by atoms with van der Waals surface area (Å²) in [4.78, 5) is 18.9. The van der Waals surface area contributed by atoms with E-state index in [0.717, 1.165) is 37.2 Å². The van der Waals surface area contributed by atoms with Gasteiger partial charge in [-0.25, -0.2) is 4.98 Å². The van der Waals surface area contributed by atoms with Crippen molar-refractivity contribution in [3.05, 3.63) is 53.7 Å². The van der Waals surface area contributed by atoms with E-state index in [4.69, 9.17) is 4.74 Å². The minimum atomic E-state index is -0.00116. The Morgan fingerprint density at radius 1 is 1.31 bits per heavy atom. The number of carbonyl (C=O) groups excluding carboxylic acids is 1. The summed E-state index contributed by atoms with van der Waals surface area (Å²) < 4.78 is 5.14. The molecule has 1 N–H and O–H groups in total. The summed E-state index contributed by atoms with van der Waals surface area (Å²) in [5.41, 5.74) is 1.62. The highest BCUT2D eigenvalue weighted by atomic mass is 16.5. The zero-order chi connectivity index (χ0) is 18.4. The lowest BCUT2D eigenvalue weighted by Gasteiger charge is -2.32. The van der Waals surface area contributed by atoms with Gasteiger partial charge < -0.3 is 15.0 Å². The largest absolute Gasteiger partial charge is 0.497 e. The number of aromatic nitrogens is 1. The summed E-state index contributed by atoms with van der Waals surface area (Å²) in [7, 11) is 1.63. The number of benzene rings is 1. The van der Waals surface area contributed by atoms with E-state index in [1.54, 1.807) is 25.4 Å². The van der Waals surface area contributed by atoms with Crippen LogP contribution in [0.3, 0.4) is 0 Å². The lowest BCUT2D eigenvalue weighted by molar-refractivity contribution is -0.125. The molecular weight excluding hydrogens is 328 g/mol. The van der Waals surface area contributed by atoms with Crippen LogP contribution in [0.5, 0.6) is 5.75 Å². The first-order chi connectivity index (χ1) is 12.7. The quantitative estimate of drug-likeness (QED) is 0.896. The summed E-state index contributed by atoms with van der Waals surface area (Å²) in [6.07, 6.45) is 3.22. The third-order valence-corrected chi connectivity index (χ3v) is 4.70. The SMILES string of the molecule is COc1ccc(CNC(=O)C2CCN(c3ncccc3C#N)CC2)cc1. The maximum absolute atomic E-state index is 12.4. The lowest BCUT2D eigenvalue weighted by atomic mass is 9.95. The molecule has 1 aromatic carbocycles. The average Bonchev–Trinajstić information content (AvgIpc) is 2.72. The molecule has 1 saturated heterocycles. The molecule has 2 heterocycles. The van der Waals surface area contributed by atoms with E-state index in [-0.39, 0.29) is 11.8 Å². The second-order valence-electron chi connectivity index (χ2n) is 6.31. The number of rotatable bonds is 5. The predicted molar refractivity (Wildman–Crippen MR) is 98.7 cm³/mol. The van der Waals surface area contributed by atoms with Crippen LogP contribution >= 0.6 is 0 Å². The molecule has 1 aliphatic heterocycles. The summed E-state index contributed by atoms with van der Waals surface area (Å²) in [5.74, 6) is 1.60. The van der Waals surface area contributed by atoms with Gasteiger partial charge in [-0.2, -0.15) is 5.26 Å². The van der Waals surface area contributed by atoms with Crippen molar-refractivity contribution in [1.29, 1.82) is 5.26 Å². The Labute approximate surface area is 153 Å². The number of hydrogen-bond acceptors (Lipinski definition) is 5. The van der Waals surface area contributed by atoms with Crippen LogP contribution in [0.15, 0.2) is 42.6 Å². The number of carbonyl (C=O) groups is 1. The number of amides is 1. The van der Waals surface area contributed by atoms with Crippen molar-refractivity contribution < 1.29 is 9.53 Å². The van der Waals surface area contributed by atoms with Gasteiger partial charge in [-0.3, -0.25) is 4.79 Å². The van der Waals surface area contributed by atoms with E-state index in [0.29, 0.717) is 17.9 Å². The average molecular weight is 350 g/mol. The molecule has 6 heteroatoms. The van der Waals surface area contributed by atoms with Gasteiger partial charge in [-0.1, -0.05) is 12.1 Å². The van der Waals surface area contributed by atoms with Crippen molar-refractivity contribution in [3.63, 3.8) is 0 Å². The molecule has 1 amide bonds. The number of ether oxygens (including phenoxy) is 1. The summed E-state index contributed by atoms with van der Waals surface area (Å²) >= 11 is 0. The Bertz CT molecular complexity index is 790. The van der Waals surface area contributed by atoms with Crippen molar-refractivity contribution in [2.75, 3.05) is 25.1 Å². The molecule has 0 saturated carbocycles. The van der Waals surface area contributed by atoms with Crippen molar-refractivity contribution >= 4 is 11.7 Å². The topological polar surface area (TPSA) is 78.2 Å². The first kappa shape index (κ1) is 17.7. The Balaban J connectivity index is 1.51. The van der Waals surface area contributed by atoms with E-state index in [9.17, 15) is 10.1 Å². The van der Waals surface area contributed by atoms with Gasteiger partial charge in [0.05, 0.1) is 12.7 Å². The third-order valence-electron chi connectivity index (χ3n) is 4.70. The van der Waals surface area contributed by atoms with Crippen LogP contribution < -0.4 is 15.0 Å². The second-order valence-corrected chi connectivity index (χ2v) is 6.31. The highest BCUT2D eigenvalue weighted by Crippen LogP contribution is 2.24. The summed E-state index contributed by atoms with van der Waals surface area (Å²) in [6.45, 7) is 1.97. The summed E-state index contributed by atoms with van der Waals surface area (Å²) in [6, 6.07) is 13.4. The number of piperidine rings is 1. The molecule has 3 rings (SSSR count). The smallest absolute Gasteiger partial charge is 0.223 e. The van der Waals surface area contributed by atoms with E-state index < -0.39 is 0 Å². The summed E-state index contributed by atoms with van der Waals surface area (Å²) in [5, 5.41) is 12.2. The molecule has 0 spiro atoms. The molecule has 0 aliphatic carbocycles. The minimum Gasteiger partial charge on any atom is -0.497 e. The van der Waals surface area contributed by atoms with Gasteiger partial charge in [0.15, 0.2) is 0 Å². The molecule has 1 fully saturated rings. The number of nitrogens with one attached hydrogen (secondary N) is 1. The van der Waals surface area contributed by atoms with Crippen molar-refractivity contribution in [2.45, 2.75) is 19.4 Å². The van der Waals surface area contributed by atoms with Gasteiger partial charge in [0.1, 0.15) is 17.6 Å². The molecule has 0 atom stereocenters. The van der Waals surface area contributed by atoms with Crippen molar-refractivity contribution in [1.82, 2.24) is 10.3 Å². The molecule has 6 nitrogen and oxygen atoms in total. The van der Waals surface area contributed by atoms with Crippen LogP contribution in [0.2, 0.25) is 0 Å². The van der Waals surface area contributed by atoms with Gasteiger partial charge >= 0.3 is 0 Å². The molecule has 0 bridgehead atoms. The highest BCUT2D eigenvalue weighted by Gasteiger charge is 2.26. The van der Waals surface area contributed by atoms with Crippen LogP contribution in [0.4, 0.5) is 5.82 Å². The van der Waals surface area contributed by atoms with Crippen LogP contribution in [-0.4, -0.2) is 31.1 Å². The Morgan fingerprint density at radius 2 is 2.04 bits per heavy atom. The first-order valence-electron chi connectivity index (χ1n) is 8.72. The fraction of sp³-hybridized carbons (Fsp3) is 0.350. The zero-order valence-electron chi connectivity index (χ0n) is 14.8. The van der Waals surface area contributed by atoms with Crippen molar-refractivity contribution in [2.24, 2.45) is 5.92 Å². The molecule has 134 valence electrons. The molecule has 1 aromatic heterocycles. The Kier molecular flexibility index (Phi) is 5.69. The minimum absolute atomic E-state index is 0.00116. The molecule has 2 aromatic rings. The van der Waals surface area contributed by atoms with Gasteiger partial charge in [-0.05, 0) is 42.7 Å². The van der Waals surface area contributed by atoms with Crippen LogP contribution in [-0.2, 0) is 11.3 Å². The number of hydrogen-bond donors (Lipinski definition) is 1. The fourth-order valence-electron chi connectivity index (χ4n) is 3.17. The number of nitriles is 1. The van der Waals surface area contributed by atoms with E-state index in [2.05, 4.69) is 21.3 Å². The normalized spacial score (nSPS) is 14.5. The monoisotopic (exact) mass is 350 g/mol. The Hall–Kier alpha value is -3.07. The first-order valence-corrected chi connectivity index (χ1v) is 8.72. The number of nitrogens with zero attached hydrogens (tertiary/aromatic N) is 3. The van der Waals surface area contributed by atoms with Crippen LogP contribution in [0.25, 0.3) is 0 Å².